The number of carboxylic acid groups (broad SMARTS) is 1. The van der Waals surface area contributed by atoms with Gasteiger partial charge in [0.15, 0.2) is 0 Å². The number of amides is 1. The number of carbonyl (C=O) groups excluding carboxylic acids is 1. The zero-order valence-corrected chi connectivity index (χ0v) is 15.9. The number of carbonyl (C=O) groups is 2. The molecule has 1 amide bonds. The van der Waals surface area contributed by atoms with E-state index in [0.29, 0.717) is 5.82 Å². The van der Waals surface area contributed by atoms with Gasteiger partial charge in [0, 0.05) is 20.1 Å². The quantitative estimate of drug-likeness (QED) is 0.862. The van der Waals surface area contributed by atoms with Crippen LogP contribution in [0.3, 0.4) is 0 Å². The summed E-state index contributed by atoms with van der Waals surface area (Å²) in [4.78, 5) is 30.0. The molecule has 0 spiro atoms. The van der Waals surface area contributed by atoms with Crippen LogP contribution in [-0.4, -0.2) is 62.4 Å². The molecule has 1 aliphatic rings. The van der Waals surface area contributed by atoms with Crippen molar-refractivity contribution in [2.75, 3.05) is 13.7 Å². The minimum absolute atomic E-state index is 0.00550. The third-order valence-corrected chi connectivity index (χ3v) is 4.89. The lowest BCUT2D eigenvalue weighted by Gasteiger charge is -2.19. The second-order valence-electron chi connectivity index (χ2n) is 7.01. The van der Waals surface area contributed by atoms with Crippen molar-refractivity contribution in [2.24, 2.45) is 0 Å². The molecule has 1 saturated heterocycles. The first kappa shape index (κ1) is 19.0. The smallest absolute Gasteiger partial charge is 0.326 e. The molecule has 0 bridgehead atoms. The Labute approximate surface area is 157 Å². The van der Waals surface area contributed by atoms with E-state index in [-0.39, 0.29) is 30.8 Å². The SMILES string of the molecule is COC1CC(C(=O)O)N(C(=O)c2nc(C)n(-c3ccccc3C(C)C)n2)C1. The largest absolute Gasteiger partial charge is 0.480 e. The summed E-state index contributed by atoms with van der Waals surface area (Å²) in [6.07, 6.45) is -0.0483. The highest BCUT2D eigenvalue weighted by Gasteiger charge is 2.41. The topological polar surface area (TPSA) is 97.5 Å². The van der Waals surface area contributed by atoms with Gasteiger partial charge >= 0.3 is 5.97 Å². The van der Waals surface area contributed by atoms with Crippen LogP contribution in [-0.2, 0) is 9.53 Å². The van der Waals surface area contributed by atoms with Crippen molar-refractivity contribution >= 4 is 11.9 Å². The van der Waals surface area contributed by atoms with Crippen molar-refractivity contribution < 1.29 is 19.4 Å². The van der Waals surface area contributed by atoms with Crippen LogP contribution in [0.1, 0.15) is 48.2 Å². The molecule has 1 aromatic carbocycles. The van der Waals surface area contributed by atoms with Gasteiger partial charge in [-0.2, -0.15) is 0 Å². The number of rotatable bonds is 5. The Hall–Kier alpha value is -2.74. The summed E-state index contributed by atoms with van der Waals surface area (Å²) in [5.74, 6) is -0.703. The summed E-state index contributed by atoms with van der Waals surface area (Å²) < 4.78 is 6.89. The summed E-state index contributed by atoms with van der Waals surface area (Å²) in [6, 6.07) is 6.89. The minimum atomic E-state index is -1.05. The first-order chi connectivity index (χ1) is 12.8. The molecule has 2 aromatic rings. The monoisotopic (exact) mass is 372 g/mol. The number of carboxylic acids is 1. The lowest BCUT2D eigenvalue weighted by Crippen LogP contribution is -2.41. The van der Waals surface area contributed by atoms with E-state index in [1.54, 1.807) is 11.6 Å². The van der Waals surface area contributed by atoms with Crippen LogP contribution in [0.4, 0.5) is 0 Å². The maximum atomic E-state index is 12.9. The Balaban J connectivity index is 1.95. The van der Waals surface area contributed by atoms with Crippen LogP contribution in [0.25, 0.3) is 5.69 Å². The van der Waals surface area contributed by atoms with Gasteiger partial charge in [-0.05, 0) is 24.5 Å². The van der Waals surface area contributed by atoms with Crippen molar-refractivity contribution in [1.29, 1.82) is 0 Å². The van der Waals surface area contributed by atoms with Crippen molar-refractivity contribution in [1.82, 2.24) is 19.7 Å². The predicted octanol–water partition coefficient (Wildman–Crippen LogP) is 2.01. The Morgan fingerprint density at radius 3 is 2.63 bits per heavy atom. The molecule has 0 aliphatic carbocycles. The van der Waals surface area contributed by atoms with Crippen LogP contribution < -0.4 is 0 Å². The zero-order valence-electron chi connectivity index (χ0n) is 15.9. The van der Waals surface area contributed by atoms with E-state index in [1.807, 2.05) is 24.3 Å². The van der Waals surface area contributed by atoms with Crippen LogP contribution >= 0.6 is 0 Å². The van der Waals surface area contributed by atoms with E-state index >= 15 is 0 Å². The number of ether oxygens (including phenoxy) is 1. The van der Waals surface area contributed by atoms with Crippen molar-refractivity contribution in [2.45, 2.75) is 45.3 Å². The summed E-state index contributed by atoms with van der Waals surface area (Å²) >= 11 is 0. The van der Waals surface area contributed by atoms with E-state index in [2.05, 4.69) is 23.9 Å². The molecule has 2 unspecified atom stereocenters. The first-order valence-electron chi connectivity index (χ1n) is 8.93. The standard InChI is InChI=1S/C19H24N4O4/c1-11(2)14-7-5-6-8-15(14)23-12(3)20-17(21-23)18(24)22-10-13(27-4)9-16(22)19(25)26/h5-8,11,13,16H,9-10H2,1-4H3,(H,25,26). The van der Waals surface area contributed by atoms with E-state index in [9.17, 15) is 14.7 Å². The second kappa shape index (κ2) is 7.48. The molecule has 1 N–H and O–H groups in total. The molecule has 1 fully saturated rings. The molecule has 27 heavy (non-hydrogen) atoms. The van der Waals surface area contributed by atoms with Crippen LogP contribution in [0.5, 0.6) is 0 Å². The van der Waals surface area contributed by atoms with Crippen molar-refractivity contribution in [3.8, 4) is 5.69 Å². The van der Waals surface area contributed by atoms with Gasteiger partial charge in [0.25, 0.3) is 5.91 Å². The highest BCUT2D eigenvalue weighted by molar-refractivity contribution is 5.94. The minimum Gasteiger partial charge on any atom is -0.480 e. The lowest BCUT2D eigenvalue weighted by atomic mass is 10.0. The fourth-order valence-corrected chi connectivity index (χ4v) is 3.43. The molecule has 1 aliphatic heterocycles. The Bertz CT molecular complexity index is 861. The highest BCUT2D eigenvalue weighted by Crippen LogP contribution is 2.25. The zero-order chi connectivity index (χ0) is 19.7. The Kier molecular flexibility index (Phi) is 5.27. The van der Waals surface area contributed by atoms with Gasteiger partial charge in [-0.1, -0.05) is 32.0 Å². The average molecular weight is 372 g/mol. The maximum Gasteiger partial charge on any atom is 0.326 e. The molecule has 8 nitrogen and oxygen atoms in total. The summed E-state index contributed by atoms with van der Waals surface area (Å²) in [5.41, 5.74) is 1.95. The molecular weight excluding hydrogens is 348 g/mol. The Morgan fingerprint density at radius 2 is 2.00 bits per heavy atom. The lowest BCUT2D eigenvalue weighted by molar-refractivity contribution is -0.141. The number of aryl methyl sites for hydroxylation is 1. The fourth-order valence-electron chi connectivity index (χ4n) is 3.43. The number of aromatic nitrogens is 3. The van der Waals surface area contributed by atoms with Crippen LogP contribution in [0, 0.1) is 6.92 Å². The Morgan fingerprint density at radius 1 is 1.30 bits per heavy atom. The van der Waals surface area contributed by atoms with E-state index in [0.717, 1.165) is 11.3 Å². The molecule has 2 heterocycles. The highest BCUT2D eigenvalue weighted by atomic mass is 16.5. The molecule has 1 aromatic heterocycles. The number of aliphatic carboxylic acids is 1. The van der Waals surface area contributed by atoms with Gasteiger partial charge in [-0.25, -0.2) is 14.5 Å². The average Bonchev–Trinajstić information content (AvgIpc) is 3.25. The second-order valence-corrected chi connectivity index (χ2v) is 7.01. The van der Waals surface area contributed by atoms with Crippen LogP contribution in [0.15, 0.2) is 24.3 Å². The number of hydrogen-bond acceptors (Lipinski definition) is 5. The third-order valence-electron chi connectivity index (χ3n) is 4.89. The summed E-state index contributed by atoms with van der Waals surface area (Å²) in [7, 11) is 1.51. The first-order valence-corrected chi connectivity index (χ1v) is 8.93. The molecule has 2 atom stereocenters. The number of likely N-dealkylation sites (tertiary alicyclic amines) is 1. The van der Waals surface area contributed by atoms with E-state index < -0.39 is 17.9 Å². The normalized spacial score (nSPS) is 19.7. The number of methoxy groups -OCH3 is 1. The third kappa shape index (κ3) is 3.57. The van der Waals surface area contributed by atoms with Gasteiger partial charge in [0.1, 0.15) is 11.9 Å². The molecule has 8 heteroatoms. The van der Waals surface area contributed by atoms with Crippen molar-refractivity contribution in [3.63, 3.8) is 0 Å². The number of nitrogens with zero attached hydrogens (tertiary/aromatic N) is 4. The maximum absolute atomic E-state index is 12.9. The fraction of sp³-hybridized carbons (Fsp3) is 0.474. The van der Waals surface area contributed by atoms with Crippen molar-refractivity contribution in [3.05, 3.63) is 41.5 Å². The number of benzene rings is 1. The summed E-state index contributed by atoms with van der Waals surface area (Å²) in [5, 5.41) is 13.8. The van der Waals surface area contributed by atoms with Gasteiger partial charge < -0.3 is 14.7 Å². The number of para-hydroxylation sites is 1. The van der Waals surface area contributed by atoms with E-state index in [4.69, 9.17) is 4.74 Å². The molecule has 0 saturated carbocycles. The molecule has 144 valence electrons. The van der Waals surface area contributed by atoms with Gasteiger partial charge in [-0.15, -0.1) is 5.10 Å². The van der Waals surface area contributed by atoms with Gasteiger partial charge in [0.05, 0.1) is 11.8 Å². The summed E-state index contributed by atoms with van der Waals surface area (Å²) in [6.45, 7) is 6.16. The molecular formula is C19H24N4O4. The van der Waals surface area contributed by atoms with Crippen LogP contribution in [0.2, 0.25) is 0 Å². The van der Waals surface area contributed by atoms with Gasteiger partial charge in [-0.3, -0.25) is 4.79 Å². The van der Waals surface area contributed by atoms with Gasteiger partial charge in [0.2, 0.25) is 5.82 Å². The van der Waals surface area contributed by atoms with E-state index in [1.165, 1.54) is 12.0 Å². The molecule has 0 radical (unpaired) electrons. The predicted molar refractivity (Wildman–Crippen MR) is 98.1 cm³/mol. The molecule has 3 rings (SSSR count). The number of hydrogen-bond donors (Lipinski definition) is 1.